The standard InChI is InChI=1S/C26H23NO6/c1-3-31-23-11-7-5-9-21(23)27-25(28)16-32-17-12-13-19-24(14-17)33-15-20(26(19)29)18-8-4-6-10-22(18)30-2/h4-15H,3,16H2,1-2H3,(H,27,28). The maximum absolute atomic E-state index is 13.0. The zero-order valence-electron chi connectivity index (χ0n) is 18.3. The minimum Gasteiger partial charge on any atom is -0.496 e. The number of rotatable bonds is 8. The molecule has 0 bridgehead atoms. The molecule has 1 N–H and O–H groups in total. The summed E-state index contributed by atoms with van der Waals surface area (Å²) in [7, 11) is 1.55. The maximum Gasteiger partial charge on any atom is 0.262 e. The highest BCUT2D eigenvalue weighted by Gasteiger charge is 2.14. The van der Waals surface area contributed by atoms with Gasteiger partial charge in [0, 0.05) is 11.6 Å². The van der Waals surface area contributed by atoms with Crippen molar-refractivity contribution in [3.63, 3.8) is 0 Å². The van der Waals surface area contributed by atoms with Gasteiger partial charge in [0.15, 0.2) is 6.61 Å². The number of ether oxygens (including phenoxy) is 3. The molecule has 4 aromatic rings. The number of carbonyl (C=O) groups is 1. The molecule has 1 heterocycles. The van der Waals surface area contributed by atoms with Crippen molar-refractivity contribution in [3.8, 4) is 28.4 Å². The van der Waals surface area contributed by atoms with Crippen LogP contribution in [-0.4, -0.2) is 26.2 Å². The van der Waals surface area contributed by atoms with Crippen LogP contribution in [-0.2, 0) is 4.79 Å². The number of benzene rings is 3. The largest absolute Gasteiger partial charge is 0.496 e. The molecule has 0 radical (unpaired) electrons. The van der Waals surface area contributed by atoms with Crippen molar-refractivity contribution in [3.05, 3.63) is 83.2 Å². The number of methoxy groups -OCH3 is 1. The van der Waals surface area contributed by atoms with Gasteiger partial charge in [-0.25, -0.2) is 0 Å². The smallest absolute Gasteiger partial charge is 0.262 e. The Morgan fingerprint density at radius 1 is 0.939 bits per heavy atom. The number of fused-ring (bicyclic) bond motifs is 1. The number of carbonyl (C=O) groups excluding carboxylic acids is 1. The molecule has 0 saturated carbocycles. The zero-order chi connectivity index (χ0) is 23.2. The second kappa shape index (κ2) is 9.91. The molecule has 0 fully saturated rings. The Morgan fingerprint density at radius 2 is 1.70 bits per heavy atom. The van der Waals surface area contributed by atoms with Crippen molar-refractivity contribution in [2.75, 3.05) is 25.6 Å². The molecule has 1 amide bonds. The third kappa shape index (κ3) is 4.82. The highest BCUT2D eigenvalue weighted by molar-refractivity contribution is 5.93. The molecule has 0 atom stereocenters. The summed E-state index contributed by atoms with van der Waals surface area (Å²) in [6.07, 6.45) is 1.41. The van der Waals surface area contributed by atoms with Gasteiger partial charge >= 0.3 is 0 Å². The first kappa shape index (κ1) is 22.0. The van der Waals surface area contributed by atoms with Gasteiger partial charge in [-0.1, -0.05) is 30.3 Å². The maximum atomic E-state index is 13.0. The lowest BCUT2D eigenvalue weighted by atomic mass is 10.0. The number of hydrogen-bond donors (Lipinski definition) is 1. The fourth-order valence-corrected chi connectivity index (χ4v) is 3.44. The first-order chi connectivity index (χ1) is 16.1. The van der Waals surface area contributed by atoms with Crippen LogP contribution in [0.25, 0.3) is 22.1 Å². The summed E-state index contributed by atoms with van der Waals surface area (Å²) in [6, 6.07) is 19.3. The Bertz CT molecular complexity index is 1340. The number of nitrogens with one attached hydrogen (secondary N) is 1. The van der Waals surface area contributed by atoms with Crippen LogP contribution in [0.4, 0.5) is 5.69 Å². The Balaban J connectivity index is 1.50. The highest BCUT2D eigenvalue weighted by atomic mass is 16.5. The minimum absolute atomic E-state index is 0.183. The van der Waals surface area contributed by atoms with E-state index in [4.69, 9.17) is 18.6 Å². The van der Waals surface area contributed by atoms with Crippen LogP contribution in [0.3, 0.4) is 0 Å². The fourth-order valence-electron chi connectivity index (χ4n) is 3.44. The first-order valence-corrected chi connectivity index (χ1v) is 10.4. The van der Waals surface area contributed by atoms with E-state index in [2.05, 4.69) is 5.32 Å². The van der Waals surface area contributed by atoms with Gasteiger partial charge in [-0.05, 0) is 37.3 Å². The third-order valence-electron chi connectivity index (χ3n) is 4.97. The Morgan fingerprint density at radius 3 is 2.48 bits per heavy atom. The van der Waals surface area contributed by atoms with Crippen molar-refractivity contribution in [2.45, 2.75) is 6.92 Å². The summed E-state index contributed by atoms with van der Waals surface area (Å²) in [5, 5.41) is 3.18. The van der Waals surface area contributed by atoms with Crippen molar-refractivity contribution >= 4 is 22.6 Å². The molecule has 0 spiro atoms. The topological polar surface area (TPSA) is 87.0 Å². The molecule has 0 unspecified atom stereocenters. The van der Waals surface area contributed by atoms with Crippen LogP contribution in [0.5, 0.6) is 17.2 Å². The average molecular weight is 445 g/mol. The molecule has 3 aromatic carbocycles. The Kier molecular flexibility index (Phi) is 6.59. The van der Waals surface area contributed by atoms with Crippen molar-refractivity contribution in [1.82, 2.24) is 0 Å². The van der Waals surface area contributed by atoms with E-state index in [1.165, 1.54) is 6.26 Å². The van der Waals surface area contributed by atoms with Gasteiger partial charge in [0.05, 0.1) is 30.4 Å². The summed E-state index contributed by atoms with van der Waals surface area (Å²) < 4.78 is 22.2. The summed E-state index contributed by atoms with van der Waals surface area (Å²) in [6.45, 7) is 2.15. The molecule has 4 rings (SSSR count). The van der Waals surface area contributed by atoms with Crippen molar-refractivity contribution in [2.24, 2.45) is 0 Å². The number of para-hydroxylation sites is 3. The first-order valence-electron chi connectivity index (χ1n) is 10.4. The van der Waals surface area contributed by atoms with Crippen LogP contribution < -0.4 is 25.0 Å². The number of hydrogen-bond acceptors (Lipinski definition) is 6. The van der Waals surface area contributed by atoms with E-state index in [1.54, 1.807) is 49.6 Å². The summed E-state index contributed by atoms with van der Waals surface area (Å²) in [5.41, 5.74) is 1.80. The molecule has 0 aliphatic heterocycles. The van der Waals surface area contributed by atoms with Crippen LogP contribution in [0.15, 0.2) is 82.2 Å². The number of amides is 1. The lowest BCUT2D eigenvalue weighted by molar-refractivity contribution is -0.118. The van der Waals surface area contributed by atoms with Gasteiger partial charge in [0.2, 0.25) is 5.43 Å². The summed E-state index contributed by atoms with van der Waals surface area (Å²) >= 11 is 0. The lowest BCUT2D eigenvalue weighted by Crippen LogP contribution is -2.20. The van der Waals surface area contributed by atoms with E-state index in [0.29, 0.717) is 51.6 Å². The van der Waals surface area contributed by atoms with E-state index in [1.807, 2.05) is 31.2 Å². The van der Waals surface area contributed by atoms with E-state index >= 15 is 0 Å². The van der Waals surface area contributed by atoms with E-state index in [9.17, 15) is 9.59 Å². The highest BCUT2D eigenvalue weighted by Crippen LogP contribution is 2.29. The predicted octanol–water partition coefficient (Wildman–Crippen LogP) is 4.88. The second-order valence-corrected chi connectivity index (χ2v) is 7.10. The monoisotopic (exact) mass is 445 g/mol. The number of anilines is 1. The predicted molar refractivity (Wildman–Crippen MR) is 126 cm³/mol. The van der Waals surface area contributed by atoms with E-state index < -0.39 is 0 Å². The molecule has 7 heteroatoms. The van der Waals surface area contributed by atoms with Gasteiger partial charge in [0.25, 0.3) is 5.91 Å². The molecule has 0 aliphatic carbocycles. The van der Waals surface area contributed by atoms with Crippen molar-refractivity contribution in [1.29, 1.82) is 0 Å². The van der Waals surface area contributed by atoms with Crippen LogP contribution >= 0.6 is 0 Å². The molecule has 0 saturated heterocycles. The third-order valence-corrected chi connectivity index (χ3v) is 4.97. The summed E-state index contributed by atoms with van der Waals surface area (Å²) in [5.74, 6) is 1.24. The van der Waals surface area contributed by atoms with Gasteiger partial charge in [-0.3, -0.25) is 9.59 Å². The molecule has 1 aromatic heterocycles. The van der Waals surface area contributed by atoms with E-state index in [-0.39, 0.29) is 17.9 Å². The zero-order valence-corrected chi connectivity index (χ0v) is 18.3. The molecule has 33 heavy (non-hydrogen) atoms. The van der Waals surface area contributed by atoms with Gasteiger partial charge in [0.1, 0.15) is 29.1 Å². The van der Waals surface area contributed by atoms with Crippen LogP contribution in [0.1, 0.15) is 6.92 Å². The lowest BCUT2D eigenvalue weighted by Gasteiger charge is -2.12. The molecule has 168 valence electrons. The van der Waals surface area contributed by atoms with Gasteiger partial charge < -0.3 is 23.9 Å². The summed E-state index contributed by atoms with van der Waals surface area (Å²) in [4.78, 5) is 25.4. The fraction of sp³-hybridized carbons (Fsp3) is 0.154. The normalized spacial score (nSPS) is 10.6. The molecular weight excluding hydrogens is 422 g/mol. The van der Waals surface area contributed by atoms with Crippen molar-refractivity contribution < 1.29 is 23.4 Å². The molecule has 0 aliphatic rings. The molecule has 7 nitrogen and oxygen atoms in total. The average Bonchev–Trinajstić information content (AvgIpc) is 2.84. The van der Waals surface area contributed by atoms with E-state index in [0.717, 1.165) is 0 Å². The van der Waals surface area contributed by atoms with Gasteiger partial charge in [-0.15, -0.1) is 0 Å². The van der Waals surface area contributed by atoms with Gasteiger partial charge in [-0.2, -0.15) is 0 Å². The SMILES string of the molecule is CCOc1ccccc1NC(=O)COc1ccc2c(=O)c(-c3ccccc3OC)coc2c1. The minimum atomic E-state index is -0.338. The van der Waals surface area contributed by atoms with Crippen LogP contribution in [0, 0.1) is 0 Å². The Hall–Kier alpha value is -4.26. The Labute approximate surface area is 190 Å². The quantitative estimate of drug-likeness (QED) is 0.416. The molecular formula is C26H23NO6. The second-order valence-electron chi connectivity index (χ2n) is 7.10. The van der Waals surface area contributed by atoms with Crippen LogP contribution in [0.2, 0.25) is 0 Å².